The maximum Gasteiger partial charge on any atom is 0.262 e. The summed E-state index contributed by atoms with van der Waals surface area (Å²) in [5, 5.41) is 3.46. The van der Waals surface area contributed by atoms with Crippen molar-refractivity contribution in [2.75, 3.05) is 18.4 Å². The molecule has 0 spiro atoms. The van der Waals surface area contributed by atoms with Gasteiger partial charge >= 0.3 is 0 Å². The maximum absolute atomic E-state index is 12.9. The van der Waals surface area contributed by atoms with E-state index >= 15 is 0 Å². The second kappa shape index (κ2) is 8.39. The van der Waals surface area contributed by atoms with Gasteiger partial charge in [0.2, 0.25) is 5.91 Å². The van der Waals surface area contributed by atoms with Gasteiger partial charge in [0.15, 0.2) is 0 Å². The van der Waals surface area contributed by atoms with Crippen LogP contribution in [-0.4, -0.2) is 39.4 Å². The zero-order valence-corrected chi connectivity index (χ0v) is 17.9. The molecule has 1 aliphatic carbocycles. The Morgan fingerprint density at radius 3 is 2.60 bits per heavy atom. The summed E-state index contributed by atoms with van der Waals surface area (Å²) < 4.78 is 1.36. The largest absolute Gasteiger partial charge is 0.339 e. The molecule has 8 heteroatoms. The number of hydrogen-bond acceptors (Lipinski definition) is 5. The van der Waals surface area contributed by atoms with Gasteiger partial charge in [-0.3, -0.25) is 19.0 Å². The summed E-state index contributed by atoms with van der Waals surface area (Å²) in [7, 11) is 0. The standard InChI is InChI=1S/C22H24N4O3S/c1-3-25(4-2)21(28)14-8-10-15(11-9-14)24-18(27)12-26-13-23-20-19(22(26)29)16-6-5-7-17(16)30-20/h8-11,13H,3-7,12H2,1-2H3,(H,24,27). The van der Waals surface area contributed by atoms with Crippen LogP contribution in [0.5, 0.6) is 0 Å². The fourth-order valence-corrected chi connectivity index (χ4v) is 5.10. The Morgan fingerprint density at radius 1 is 1.17 bits per heavy atom. The van der Waals surface area contributed by atoms with Crippen LogP contribution in [0.25, 0.3) is 10.2 Å². The maximum atomic E-state index is 12.9. The highest BCUT2D eigenvalue weighted by molar-refractivity contribution is 7.18. The highest BCUT2D eigenvalue weighted by atomic mass is 32.1. The summed E-state index contributed by atoms with van der Waals surface area (Å²) in [4.78, 5) is 45.9. The lowest BCUT2D eigenvalue weighted by molar-refractivity contribution is -0.116. The Labute approximate surface area is 178 Å². The topological polar surface area (TPSA) is 84.3 Å². The molecule has 30 heavy (non-hydrogen) atoms. The SMILES string of the molecule is CCN(CC)C(=O)c1ccc(NC(=O)Cn2cnc3sc4c(c3c2=O)CCC4)cc1. The number of nitrogens with one attached hydrogen (secondary N) is 1. The summed E-state index contributed by atoms with van der Waals surface area (Å²) in [6.45, 7) is 5.07. The second-order valence-electron chi connectivity index (χ2n) is 7.32. The molecule has 0 unspecified atom stereocenters. The van der Waals surface area contributed by atoms with Crippen molar-refractivity contribution in [3.05, 3.63) is 57.0 Å². The van der Waals surface area contributed by atoms with Gasteiger partial charge in [-0.25, -0.2) is 4.98 Å². The molecule has 0 aliphatic heterocycles. The first-order valence-corrected chi connectivity index (χ1v) is 11.0. The number of amides is 2. The molecule has 1 aliphatic rings. The van der Waals surface area contributed by atoms with Gasteiger partial charge in [0.25, 0.3) is 11.5 Å². The van der Waals surface area contributed by atoms with E-state index in [4.69, 9.17) is 0 Å². The highest BCUT2D eigenvalue weighted by Crippen LogP contribution is 2.34. The van der Waals surface area contributed by atoms with E-state index in [0.717, 1.165) is 29.7 Å². The van der Waals surface area contributed by atoms with E-state index in [2.05, 4.69) is 10.3 Å². The van der Waals surface area contributed by atoms with Crippen LogP contribution < -0.4 is 10.9 Å². The fraction of sp³-hybridized carbons (Fsp3) is 0.364. The molecule has 2 amide bonds. The van der Waals surface area contributed by atoms with Crippen molar-refractivity contribution < 1.29 is 9.59 Å². The molecule has 4 rings (SSSR count). The summed E-state index contributed by atoms with van der Waals surface area (Å²) in [5.74, 6) is -0.347. The molecule has 2 aromatic heterocycles. The molecule has 1 N–H and O–H groups in total. The molecule has 1 aromatic carbocycles. The van der Waals surface area contributed by atoms with Crippen molar-refractivity contribution in [1.82, 2.24) is 14.5 Å². The number of hydrogen-bond donors (Lipinski definition) is 1. The number of nitrogens with zero attached hydrogens (tertiary/aromatic N) is 3. The third kappa shape index (κ3) is 3.75. The highest BCUT2D eigenvalue weighted by Gasteiger charge is 2.21. The zero-order valence-electron chi connectivity index (χ0n) is 17.1. The van der Waals surface area contributed by atoms with Crippen molar-refractivity contribution in [3.8, 4) is 0 Å². The van der Waals surface area contributed by atoms with E-state index in [1.807, 2.05) is 13.8 Å². The number of carbonyl (C=O) groups excluding carboxylic acids is 2. The number of anilines is 1. The van der Waals surface area contributed by atoms with Gasteiger partial charge in [0.05, 0.1) is 11.7 Å². The average Bonchev–Trinajstić information content (AvgIpc) is 3.32. The lowest BCUT2D eigenvalue weighted by atomic mass is 10.1. The molecule has 0 radical (unpaired) electrons. The average molecular weight is 425 g/mol. The summed E-state index contributed by atoms with van der Waals surface area (Å²) >= 11 is 1.58. The number of aryl methyl sites for hydroxylation is 2. The Morgan fingerprint density at radius 2 is 1.90 bits per heavy atom. The van der Waals surface area contributed by atoms with Crippen molar-refractivity contribution in [1.29, 1.82) is 0 Å². The molecular weight excluding hydrogens is 400 g/mol. The van der Waals surface area contributed by atoms with Crippen molar-refractivity contribution in [2.24, 2.45) is 0 Å². The molecule has 3 aromatic rings. The van der Waals surface area contributed by atoms with Gasteiger partial charge in [-0.15, -0.1) is 11.3 Å². The van der Waals surface area contributed by atoms with E-state index in [-0.39, 0.29) is 23.9 Å². The van der Waals surface area contributed by atoms with E-state index < -0.39 is 0 Å². The first-order valence-electron chi connectivity index (χ1n) is 10.2. The Hall–Kier alpha value is -3.00. The summed E-state index contributed by atoms with van der Waals surface area (Å²) in [6, 6.07) is 6.80. The van der Waals surface area contributed by atoms with E-state index in [1.54, 1.807) is 40.5 Å². The number of carbonyl (C=O) groups is 2. The quantitative estimate of drug-likeness (QED) is 0.659. The van der Waals surface area contributed by atoms with Crippen LogP contribution in [0.1, 0.15) is 41.1 Å². The van der Waals surface area contributed by atoms with E-state index in [1.165, 1.54) is 15.8 Å². The van der Waals surface area contributed by atoms with Crippen LogP contribution in [0, 0.1) is 0 Å². The molecule has 7 nitrogen and oxygen atoms in total. The van der Waals surface area contributed by atoms with Crippen LogP contribution >= 0.6 is 11.3 Å². The first-order chi connectivity index (χ1) is 14.5. The molecule has 0 fully saturated rings. The third-order valence-electron chi connectivity index (χ3n) is 5.47. The minimum atomic E-state index is -0.312. The molecule has 156 valence electrons. The van der Waals surface area contributed by atoms with Gasteiger partial charge in [0.1, 0.15) is 11.4 Å². The van der Waals surface area contributed by atoms with Gasteiger partial charge in [-0.1, -0.05) is 0 Å². The van der Waals surface area contributed by atoms with Crippen molar-refractivity contribution in [3.63, 3.8) is 0 Å². The van der Waals surface area contributed by atoms with E-state index in [0.29, 0.717) is 29.7 Å². The number of thiophene rings is 1. The molecule has 0 saturated carbocycles. The van der Waals surface area contributed by atoms with Crippen LogP contribution in [0.4, 0.5) is 5.69 Å². The van der Waals surface area contributed by atoms with E-state index in [9.17, 15) is 14.4 Å². The Bertz CT molecular complexity index is 1160. The second-order valence-corrected chi connectivity index (χ2v) is 8.40. The zero-order chi connectivity index (χ0) is 21.3. The number of fused-ring (bicyclic) bond motifs is 3. The number of benzene rings is 1. The normalized spacial score (nSPS) is 12.7. The van der Waals surface area contributed by atoms with Crippen molar-refractivity contribution >= 4 is 39.1 Å². The minimum Gasteiger partial charge on any atom is -0.339 e. The first kappa shape index (κ1) is 20.3. The van der Waals surface area contributed by atoms with Gasteiger partial charge < -0.3 is 10.2 Å². The predicted octanol–water partition coefficient (Wildman–Crippen LogP) is 3.07. The van der Waals surface area contributed by atoms with Crippen LogP contribution in [0.2, 0.25) is 0 Å². The van der Waals surface area contributed by atoms with Crippen molar-refractivity contribution in [2.45, 2.75) is 39.7 Å². The number of aromatic nitrogens is 2. The lowest BCUT2D eigenvalue weighted by Crippen LogP contribution is -2.30. The van der Waals surface area contributed by atoms with Crippen LogP contribution in [-0.2, 0) is 24.2 Å². The summed E-state index contributed by atoms with van der Waals surface area (Å²) in [6.07, 6.45) is 4.42. The Kier molecular flexibility index (Phi) is 5.67. The molecule has 0 atom stereocenters. The van der Waals surface area contributed by atoms with Gasteiger partial charge in [-0.05, 0) is 62.9 Å². The Balaban J connectivity index is 1.47. The minimum absolute atomic E-state index is 0.0351. The van der Waals surface area contributed by atoms with Gasteiger partial charge in [0, 0.05) is 29.2 Å². The third-order valence-corrected chi connectivity index (χ3v) is 6.67. The lowest BCUT2D eigenvalue weighted by Gasteiger charge is -2.18. The van der Waals surface area contributed by atoms with Crippen LogP contribution in [0.15, 0.2) is 35.4 Å². The molecular formula is C22H24N4O3S. The fourth-order valence-electron chi connectivity index (χ4n) is 3.88. The van der Waals surface area contributed by atoms with Crippen LogP contribution in [0.3, 0.4) is 0 Å². The van der Waals surface area contributed by atoms with Gasteiger partial charge in [-0.2, -0.15) is 0 Å². The molecule has 0 bridgehead atoms. The number of rotatable bonds is 6. The monoisotopic (exact) mass is 424 g/mol. The summed E-state index contributed by atoms with van der Waals surface area (Å²) in [5.41, 5.74) is 2.11. The smallest absolute Gasteiger partial charge is 0.262 e. The molecule has 2 heterocycles. The predicted molar refractivity (Wildman–Crippen MR) is 118 cm³/mol. The molecule has 0 saturated heterocycles.